The number of rotatable bonds is 5. The molecule has 0 spiro atoms. The SMILES string of the molecule is CCCNC(c1ncc[nH]1)C1CCCOC1. The molecule has 0 aliphatic carbocycles. The van der Waals surface area contributed by atoms with Gasteiger partial charge in [0.2, 0.25) is 0 Å². The van der Waals surface area contributed by atoms with Crippen molar-refractivity contribution in [3.8, 4) is 0 Å². The second-order valence-corrected chi connectivity index (χ2v) is 4.38. The zero-order valence-electron chi connectivity index (χ0n) is 9.91. The average Bonchev–Trinajstić information content (AvgIpc) is 2.85. The van der Waals surface area contributed by atoms with Crippen LogP contribution in [-0.4, -0.2) is 29.7 Å². The summed E-state index contributed by atoms with van der Waals surface area (Å²) in [4.78, 5) is 7.59. The summed E-state index contributed by atoms with van der Waals surface area (Å²) in [5.74, 6) is 1.59. The second kappa shape index (κ2) is 6.01. The summed E-state index contributed by atoms with van der Waals surface area (Å²) < 4.78 is 5.56. The number of hydrogen-bond donors (Lipinski definition) is 2. The second-order valence-electron chi connectivity index (χ2n) is 4.38. The van der Waals surface area contributed by atoms with E-state index in [0.717, 1.165) is 38.4 Å². The van der Waals surface area contributed by atoms with E-state index in [2.05, 4.69) is 22.2 Å². The van der Waals surface area contributed by atoms with Crippen LogP contribution >= 0.6 is 0 Å². The Kier molecular flexibility index (Phi) is 4.36. The summed E-state index contributed by atoms with van der Waals surface area (Å²) in [5, 5.41) is 3.57. The van der Waals surface area contributed by atoms with Crippen molar-refractivity contribution >= 4 is 0 Å². The van der Waals surface area contributed by atoms with Crippen LogP contribution in [0, 0.1) is 5.92 Å². The minimum absolute atomic E-state index is 0.315. The maximum atomic E-state index is 5.56. The molecule has 1 saturated heterocycles. The van der Waals surface area contributed by atoms with E-state index in [1.54, 1.807) is 0 Å². The molecule has 1 aromatic rings. The molecule has 2 rings (SSSR count). The fraction of sp³-hybridized carbons (Fsp3) is 0.750. The lowest BCUT2D eigenvalue weighted by Crippen LogP contribution is -2.34. The van der Waals surface area contributed by atoms with Gasteiger partial charge in [0.15, 0.2) is 0 Å². The molecule has 4 nitrogen and oxygen atoms in total. The molecule has 1 aliphatic heterocycles. The zero-order chi connectivity index (χ0) is 11.2. The molecular weight excluding hydrogens is 202 g/mol. The lowest BCUT2D eigenvalue weighted by atomic mass is 9.93. The maximum absolute atomic E-state index is 5.56. The van der Waals surface area contributed by atoms with Crippen LogP contribution in [-0.2, 0) is 4.74 Å². The highest BCUT2D eigenvalue weighted by Crippen LogP contribution is 2.26. The van der Waals surface area contributed by atoms with E-state index in [4.69, 9.17) is 4.74 Å². The van der Waals surface area contributed by atoms with Gasteiger partial charge < -0.3 is 15.0 Å². The van der Waals surface area contributed by atoms with E-state index >= 15 is 0 Å². The quantitative estimate of drug-likeness (QED) is 0.801. The predicted molar refractivity (Wildman–Crippen MR) is 63.2 cm³/mol. The molecule has 0 amide bonds. The Morgan fingerprint density at radius 1 is 1.69 bits per heavy atom. The zero-order valence-corrected chi connectivity index (χ0v) is 9.91. The molecule has 2 heterocycles. The highest BCUT2D eigenvalue weighted by Gasteiger charge is 2.26. The van der Waals surface area contributed by atoms with Crippen molar-refractivity contribution in [1.29, 1.82) is 0 Å². The van der Waals surface area contributed by atoms with E-state index in [1.807, 2.05) is 12.4 Å². The Morgan fingerprint density at radius 2 is 2.62 bits per heavy atom. The summed E-state index contributed by atoms with van der Waals surface area (Å²) in [6, 6.07) is 0.315. The minimum atomic E-state index is 0.315. The third kappa shape index (κ3) is 2.83. The number of aromatic amines is 1. The third-order valence-electron chi connectivity index (χ3n) is 3.10. The molecule has 90 valence electrons. The molecule has 0 radical (unpaired) electrons. The van der Waals surface area contributed by atoms with Crippen molar-refractivity contribution in [3.63, 3.8) is 0 Å². The van der Waals surface area contributed by atoms with E-state index in [1.165, 1.54) is 6.42 Å². The van der Waals surface area contributed by atoms with Gasteiger partial charge in [0.25, 0.3) is 0 Å². The Morgan fingerprint density at radius 3 is 3.25 bits per heavy atom. The van der Waals surface area contributed by atoms with Crippen molar-refractivity contribution in [2.75, 3.05) is 19.8 Å². The van der Waals surface area contributed by atoms with Crippen LogP contribution in [0.1, 0.15) is 38.1 Å². The fourth-order valence-corrected chi connectivity index (χ4v) is 2.26. The molecule has 1 fully saturated rings. The van der Waals surface area contributed by atoms with Gasteiger partial charge >= 0.3 is 0 Å². The predicted octanol–water partition coefficient (Wildman–Crippen LogP) is 1.88. The largest absolute Gasteiger partial charge is 0.381 e. The molecule has 4 heteroatoms. The average molecular weight is 223 g/mol. The Balaban J connectivity index is 2.01. The molecule has 2 N–H and O–H groups in total. The van der Waals surface area contributed by atoms with Gasteiger partial charge in [-0.25, -0.2) is 4.98 Å². The van der Waals surface area contributed by atoms with Crippen LogP contribution in [0.25, 0.3) is 0 Å². The van der Waals surface area contributed by atoms with Gasteiger partial charge in [0.1, 0.15) is 5.82 Å². The van der Waals surface area contributed by atoms with Crippen LogP contribution in [0.2, 0.25) is 0 Å². The fourth-order valence-electron chi connectivity index (χ4n) is 2.26. The molecule has 16 heavy (non-hydrogen) atoms. The molecule has 0 saturated carbocycles. The van der Waals surface area contributed by atoms with E-state index < -0.39 is 0 Å². The van der Waals surface area contributed by atoms with Gasteiger partial charge in [-0.05, 0) is 25.8 Å². The highest BCUT2D eigenvalue weighted by atomic mass is 16.5. The van der Waals surface area contributed by atoms with Crippen molar-refractivity contribution < 1.29 is 4.74 Å². The number of ether oxygens (including phenoxy) is 1. The van der Waals surface area contributed by atoms with Crippen LogP contribution in [0.4, 0.5) is 0 Å². The van der Waals surface area contributed by atoms with Crippen molar-refractivity contribution in [3.05, 3.63) is 18.2 Å². The standard InChI is InChI=1S/C12H21N3O/c1-2-5-13-11(12-14-6-7-15-12)10-4-3-8-16-9-10/h6-7,10-11,13H,2-5,8-9H2,1H3,(H,14,15). The minimum Gasteiger partial charge on any atom is -0.381 e. The first-order valence-corrected chi connectivity index (χ1v) is 6.22. The molecular formula is C12H21N3O. The summed E-state index contributed by atoms with van der Waals surface area (Å²) in [6.45, 7) is 4.97. The molecule has 2 atom stereocenters. The van der Waals surface area contributed by atoms with E-state index in [9.17, 15) is 0 Å². The summed E-state index contributed by atoms with van der Waals surface area (Å²) >= 11 is 0. The molecule has 1 aliphatic rings. The van der Waals surface area contributed by atoms with Crippen molar-refractivity contribution in [1.82, 2.24) is 15.3 Å². The monoisotopic (exact) mass is 223 g/mol. The van der Waals surface area contributed by atoms with Crippen molar-refractivity contribution in [2.45, 2.75) is 32.2 Å². The summed E-state index contributed by atoms with van der Waals surface area (Å²) in [6.07, 6.45) is 7.24. The number of nitrogens with zero attached hydrogens (tertiary/aromatic N) is 1. The number of aromatic nitrogens is 2. The smallest absolute Gasteiger partial charge is 0.123 e. The van der Waals surface area contributed by atoms with Crippen molar-refractivity contribution in [2.24, 2.45) is 5.92 Å². The van der Waals surface area contributed by atoms with Gasteiger partial charge in [-0.15, -0.1) is 0 Å². The normalized spacial score (nSPS) is 23.2. The highest BCUT2D eigenvalue weighted by molar-refractivity contribution is 4.99. The van der Waals surface area contributed by atoms with Gasteiger partial charge in [-0.3, -0.25) is 0 Å². The number of nitrogens with one attached hydrogen (secondary N) is 2. The maximum Gasteiger partial charge on any atom is 0.123 e. The number of hydrogen-bond acceptors (Lipinski definition) is 3. The van der Waals surface area contributed by atoms with Gasteiger partial charge in [0, 0.05) is 24.9 Å². The van der Waals surface area contributed by atoms with Crippen LogP contribution in [0.15, 0.2) is 12.4 Å². The van der Waals surface area contributed by atoms with Gasteiger partial charge in [-0.2, -0.15) is 0 Å². The van der Waals surface area contributed by atoms with Gasteiger partial charge in [-0.1, -0.05) is 6.92 Å². The van der Waals surface area contributed by atoms with E-state index in [-0.39, 0.29) is 0 Å². The number of H-pyrrole nitrogens is 1. The molecule has 0 bridgehead atoms. The van der Waals surface area contributed by atoms with Crippen LogP contribution in [0.3, 0.4) is 0 Å². The van der Waals surface area contributed by atoms with Crippen LogP contribution < -0.4 is 5.32 Å². The lowest BCUT2D eigenvalue weighted by molar-refractivity contribution is 0.0378. The molecule has 0 aromatic carbocycles. The van der Waals surface area contributed by atoms with Crippen LogP contribution in [0.5, 0.6) is 0 Å². The Labute approximate surface area is 96.8 Å². The topological polar surface area (TPSA) is 49.9 Å². The third-order valence-corrected chi connectivity index (χ3v) is 3.10. The molecule has 1 aromatic heterocycles. The lowest BCUT2D eigenvalue weighted by Gasteiger charge is -2.29. The Bertz CT molecular complexity index is 280. The first-order chi connectivity index (χ1) is 7.92. The number of imidazole rings is 1. The van der Waals surface area contributed by atoms with E-state index in [0.29, 0.717) is 12.0 Å². The summed E-state index contributed by atoms with van der Waals surface area (Å²) in [5.41, 5.74) is 0. The first-order valence-electron chi connectivity index (χ1n) is 6.22. The summed E-state index contributed by atoms with van der Waals surface area (Å²) in [7, 11) is 0. The Hall–Kier alpha value is -0.870. The first kappa shape index (κ1) is 11.6. The molecule has 2 unspecified atom stereocenters. The van der Waals surface area contributed by atoms with Gasteiger partial charge in [0.05, 0.1) is 12.6 Å².